The molecule has 0 spiro atoms. The topological polar surface area (TPSA) is 60.9 Å². The molecule has 1 saturated heterocycles. The molecule has 2 aliphatic rings. The zero-order valence-electron chi connectivity index (χ0n) is 18.5. The van der Waals surface area contributed by atoms with Crippen molar-refractivity contribution in [3.63, 3.8) is 0 Å². The van der Waals surface area contributed by atoms with Gasteiger partial charge in [0.2, 0.25) is 0 Å². The summed E-state index contributed by atoms with van der Waals surface area (Å²) in [6, 6.07) is 22.4. The molecule has 3 aromatic rings. The minimum absolute atomic E-state index is 0.0244. The number of nitrogens with zero attached hydrogens (tertiary/aromatic N) is 3. The number of rotatable bonds is 4. The molecule has 0 N–H and O–H groups in total. The second kappa shape index (κ2) is 8.54. The summed E-state index contributed by atoms with van der Waals surface area (Å²) in [4.78, 5) is 43.9. The van der Waals surface area contributed by atoms with Gasteiger partial charge in [0.1, 0.15) is 0 Å². The molecular weight excluding hydrogens is 414 g/mol. The fourth-order valence-electron chi connectivity index (χ4n) is 4.62. The van der Waals surface area contributed by atoms with Gasteiger partial charge in [-0.1, -0.05) is 42.5 Å². The first kappa shape index (κ1) is 20.9. The maximum atomic E-state index is 13.2. The summed E-state index contributed by atoms with van der Waals surface area (Å²) in [6.45, 7) is 5.11. The number of carbonyl (C=O) groups is 3. The minimum Gasteiger partial charge on any atom is -0.368 e. The number of hydrogen-bond donors (Lipinski definition) is 0. The number of aryl methyl sites for hydroxylation is 1. The second-order valence-electron chi connectivity index (χ2n) is 8.51. The van der Waals surface area contributed by atoms with Crippen molar-refractivity contribution in [1.82, 2.24) is 9.80 Å². The molecule has 6 heteroatoms. The maximum absolute atomic E-state index is 13.2. The molecule has 0 bridgehead atoms. The molecule has 0 atom stereocenters. The van der Waals surface area contributed by atoms with Crippen molar-refractivity contribution in [3.05, 3.63) is 101 Å². The number of hydrogen-bond acceptors (Lipinski definition) is 4. The maximum Gasteiger partial charge on any atom is 0.261 e. The summed E-state index contributed by atoms with van der Waals surface area (Å²) in [5.74, 6) is -0.608. The third-order valence-corrected chi connectivity index (χ3v) is 6.42. The molecular formula is C27H25N3O3. The lowest BCUT2D eigenvalue weighted by Gasteiger charge is -2.37. The predicted octanol–water partition coefficient (Wildman–Crippen LogP) is 3.75. The summed E-state index contributed by atoms with van der Waals surface area (Å²) in [5, 5.41) is 0. The molecule has 0 unspecified atom stereocenters. The van der Waals surface area contributed by atoms with E-state index in [1.54, 1.807) is 36.4 Å². The summed E-state index contributed by atoms with van der Waals surface area (Å²) in [6.07, 6.45) is 0. The molecule has 6 nitrogen and oxygen atoms in total. The fourth-order valence-corrected chi connectivity index (χ4v) is 4.62. The van der Waals surface area contributed by atoms with Crippen molar-refractivity contribution in [2.45, 2.75) is 13.5 Å². The lowest BCUT2D eigenvalue weighted by atomic mass is 10.1. The van der Waals surface area contributed by atoms with E-state index in [4.69, 9.17) is 0 Å². The molecule has 2 aliphatic heterocycles. The quantitative estimate of drug-likeness (QED) is 0.581. The number of carbonyl (C=O) groups excluding carboxylic acids is 3. The predicted molar refractivity (Wildman–Crippen MR) is 126 cm³/mol. The first-order chi connectivity index (χ1) is 16.0. The molecule has 0 saturated carbocycles. The highest BCUT2D eigenvalue weighted by molar-refractivity contribution is 6.21. The Kier molecular flexibility index (Phi) is 5.42. The van der Waals surface area contributed by atoms with Crippen LogP contribution in [0.5, 0.6) is 0 Å². The van der Waals surface area contributed by atoms with E-state index in [2.05, 4.69) is 24.0 Å². The van der Waals surface area contributed by atoms with E-state index < -0.39 is 0 Å². The highest BCUT2D eigenvalue weighted by Crippen LogP contribution is 2.25. The SMILES string of the molecule is Cc1ccccc1N1CCN(C(=O)c2cccc(CN3C(=O)c4ccccc4C3=O)c2)CC1. The Labute approximate surface area is 193 Å². The average Bonchev–Trinajstić information content (AvgIpc) is 3.09. The molecule has 2 heterocycles. The van der Waals surface area contributed by atoms with E-state index in [0.29, 0.717) is 29.8 Å². The number of amides is 3. The zero-order chi connectivity index (χ0) is 22.9. The van der Waals surface area contributed by atoms with Gasteiger partial charge in [-0.2, -0.15) is 0 Å². The van der Waals surface area contributed by atoms with Crippen LogP contribution in [0.2, 0.25) is 0 Å². The number of fused-ring (bicyclic) bond motifs is 1. The van der Waals surface area contributed by atoms with Crippen LogP contribution in [0.3, 0.4) is 0 Å². The molecule has 3 aromatic carbocycles. The number of benzene rings is 3. The zero-order valence-corrected chi connectivity index (χ0v) is 18.5. The highest BCUT2D eigenvalue weighted by Gasteiger charge is 2.35. The first-order valence-electron chi connectivity index (χ1n) is 11.2. The fraction of sp³-hybridized carbons (Fsp3) is 0.222. The number of anilines is 1. The molecule has 1 fully saturated rings. The van der Waals surface area contributed by atoms with Crippen molar-refractivity contribution >= 4 is 23.4 Å². The lowest BCUT2D eigenvalue weighted by molar-refractivity contribution is 0.0642. The van der Waals surface area contributed by atoms with Crippen LogP contribution in [0.4, 0.5) is 5.69 Å². The Balaban J connectivity index is 1.26. The Morgan fingerprint density at radius 1 is 0.788 bits per heavy atom. The van der Waals surface area contributed by atoms with Crippen LogP contribution in [0.1, 0.15) is 42.2 Å². The Morgan fingerprint density at radius 3 is 2.09 bits per heavy atom. The molecule has 0 radical (unpaired) electrons. The Bertz CT molecular complexity index is 1210. The average molecular weight is 440 g/mol. The number of piperazine rings is 1. The van der Waals surface area contributed by atoms with Gasteiger partial charge in [-0.3, -0.25) is 19.3 Å². The largest absolute Gasteiger partial charge is 0.368 e. The van der Waals surface area contributed by atoms with Gasteiger partial charge in [-0.15, -0.1) is 0 Å². The van der Waals surface area contributed by atoms with Crippen LogP contribution < -0.4 is 4.90 Å². The van der Waals surface area contributed by atoms with Gasteiger partial charge >= 0.3 is 0 Å². The van der Waals surface area contributed by atoms with E-state index in [0.717, 1.165) is 18.7 Å². The van der Waals surface area contributed by atoms with Gasteiger partial charge in [0.05, 0.1) is 17.7 Å². The molecule has 0 aliphatic carbocycles. The van der Waals surface area contributed by atoms with E-state index >= 15 is 0 Å². The van der Waals surface area contributed by atoms with E-state index in [9.17, 15) is 14.4 Å². The van der Waals surface area contributed by atoms with E-state index in [-0.39, 0.29) is 24.3 Å². The van der Waals surface area contributed by atoms with Gasteiger partial charge in [0, 0.05) is 37.4 Å². The van der Waals surface area contributed by atoms with Gasteiger partial charge < -0.3 is 9.80 Å². The minimum atomic E-state index is -0.292. The lowest BCUT2D eigenvalue weighted by Crippen LogP contribution is -2.49. The van der Waals surface area contributed by atoms with Crippen molar-refractivity contribution in [1.29, 1.82) is 0 Å². The first-order valence-corrected chi connectivity index (χ1v) is 11.2. The van der Waals surface area contributed by atoms with Gasteiger partial charge in [0.25, 0.3) is 17.7 Å². The van der Waals surface area contributed by atoms with Crippen molar-refractivity contribution in [2.75, 3.05) is 31.1 Å². The smallest absolute Gasteiger partial charge is 0.261 e. The van der Waals surface area contributed by atoms with Crippen LogP contribution in [-0.2, 0) is 6.54 Å². The molecule has 5 rings (SSSR count). The highest BCUT2D eigenvalue weighted by atomic mass is 16.2. The van der Waals surface area contributed by atoms with E-state index in [1.165, 1.54) is 16.2 Å². The number of para-hydroxylation sites is 1. The third-order valence-electron chi connectivity index (χ3n) is 6.42. The van der Waals surface area contributed by atoms with Crippen LogP contribution >= 0.6 is 0 Å². The van der Waals surface area contributed by atoms with Gasteiger partial charge in [-0.25, -0.2) is 0 Å². The molecule has 3 amide bonds. The third kappa shape index (κ3) is 3.89. The molecule has 0 aromatic heterocycles. The van der Waals surface area contributed by atoms with Crippen molar-refractivity contribution < 1.29 is 14.4 Å². The monoisotopic (exact) mass is 439 g/mol. The van der Waals surface area contributed by atoms with Crippen LogP contribution in [0.25, 0.3) is 0 Å². The number of imide groups is 1. The standard InChI is InChI=1S/C27H25N3O3/c1-19-7-2-5-12-24(19)28-13-15-29(16-14-28)25(31)21-9-6-8-20(17-21)18-30-26(32)22-10-3-4-11-23(22)27(30)33/h2-12,17H,13-16,18H2,1H3. The van der Waals surface area contributed by atoms with Gasteiger partial charge in [-0.05, 0) is 48.4 Å². The summed E-state index contributed by atoms with van der Waals surface area (Å²) in [7, 11) is 0. The van der Waals surface area contributed by atoms with Crippen LogP contribution in [0, 0.1) is 6.92 Å². The van der Waals surface area contributed by atoms with E-state index in [1.807, 2.05) is 29.2 Å². The van der Waals surface area contributed by atoms with Crippen molar-refractivity contribution in [2.24, 2.45) is 0 Å². The van der Waals surface area contributed by atoms with Crippen molar-refractivity contribution in [3.8, 4) is 0 Å². The molecule has 166 valence electrons. The Hall–Kier alpha value is -3.93. The summed E-state index contributed by atoms with van der Waals surface area (Å²) in [5.41, 5.74) is 4.65. The summed E-state index contributed by atoms with van der Waals surface area (Å²) >= 11 is 0. The van der Waals surface area contributed by atoms with Gasteiger partial charge in [0.15, 0.2) is 0 Å². The van der Waals surface area contributed by atoms with Crippen LogP contribution in [-0.4, -0.2) is 53.7 Å². The molecule has 33 heavy (non-hydrogen) atoms. The Morgan fingerprint density at radius 2 is 1.42 bits per heavy atom. The summed E-state index contributed by atoms with van der Waals surface area (Å²) < 4.78 is 0. The van der Waals surface area contributed by atoms with Crippen LogP contribution in [0.15, 0.2) is 72.8 Å². The second-order valence-corrected chi connectivity index (χ2v) is 8.51. The normalized spacial score (nSPS) is 15.7.